The maximum atomic E-state index is 12.3. The Morgan fingerprint density at radius 3 is 2.48 bits per heavy atom. The summed E-state index contributed by atoms with van der Waals surface area (Å²) in [5, 5.41) is 7.33. The highest BCUT2D eigenvalue weighted by atomic mass is 32.2. The zero-order valence-electron chi connectivity index (χ0n) is 23.8. The Morgan fingerprint density at radius 2 is 1.74 bits per heavy atom. The molecule has 4 heterocycles. The van der Waals surface area contributed by atoms with Gasteiger partial charge in [-0.1, -0.05) is 35.9 Å². The summed E-state index contributed by atoms with van der Waals surface area (Å²) >= 11 is 0. The number of carbonyl (C=O) groups is 1. The first-order valence-corrected chi connectivity index (χ1v) is 15.7. The third-order valence-corrected chi connectivity index (χ3v) is 8.79. The summed E-state index contributed by atoms with van der Waals surface area (Å²) < 4.78 is 39.8. The van der Waals surface area contributed by atoms with E-state index in [4.69, 9.17) is 4.74 Å². The highest BCUT2D eigenvalue weighted by Gasteiger charge is 2.39. The summed E-state index contributed by atoms with van der Waals surface area (Å²) in [4.78, 5) is 14.7. The second-order valence-electron chi connectivity index (χ2n) is 10.8. The van der Waals surface area contributed by atoms with Crippen LogP contribution in [-0.4, -0.2) is 85.8 Å². The molecular weight excluding hydrogens is 554 g/mol. The molecule has 2 aliphatic rings. The van der Waals surface area contributed by atoms with Crippen LogP contribution in [-0.2, 0) is 10.1 Å². The van der Waals surface area contributed by atoms with Crippen molar-refractivity contribution in [3.05, 3.63) is 90.3 Å². The van der Waals surface area contributed by atoms with Gasteiger partial charge in [0.1, 0.15) is 23.3 Å². The number of hydrogen-bond acceptors (Lipinski definition) is 7. The molecule has 222 valence electrons. The fourth-order valence-corrected chi connectivity index (χ4v) is 5.98. The summed E-state index contributed by atoms with van der Waals surface area (Å²) in [5.74, 6) is 0.961. The number of aryl methyl sites for hydroxylation is 1. The standard InChI is InChI=1S/C24H29N5O2.C7H8O3S/c30-24(21-19-20-7-3-5-12-28(20)26-21)25-10-4-6-11-27-13-15-29(16-14-27)17-18-31-23-9-2-1-8-22(23)29;1-6-2-4-7(5-3-6)11(8,9)10/h1-3,5,7-9,12,19H,4,6,10-11,13-18H2;2-5H,1H3,(H,8,9,10). The molecule has 1 fully saturated rings. The van der Waals surface area contributed by atoms with Gasteiger partial charge in [-0.2, -0.15) is 5.10 Å². The Balaban J connectivity index is 0.000000271. The summed E-state index contributed by atoms with van der Waals surface area (Å²) in [6.07, 6.45) is 3.92. The number of hydrogen-bond donors (Lipinski definition) is 1. The number of unbranched alkanes of at least 4 members (excludes halogenated alkanes) is 1. The van der Waals surface area contributed by atoms with Crippen molar-refractivity contribution in [1.82, 2.24) is 24.3 Å². The van der Waals surface area contributed by atoms with E-state index in [1.165, 1.54) is 17.8 Å². The van der Waals surface area contributed by atoms with E-state index >= 15 is 0 Å². The lowest BCUT2D eigenvalue weighted by Gasteiger charge is -2.46. The third kappa shape index (κ3) is 7.16. The van der Waals surface area contributed by atoms with Crippen LogP contribution in [0.4, 0.5) is 5.69 Å². The summed E-state index contributed by atoms with van der Waals surface area (Å²) in [7, 11) is -4.27. The molecule has 2 aromatic heterocycles. The number of aromatic nitrogens is 2. The van der Waals surface area contributed by atoms with Gasteiger partial charge in [0.15, 0.2) is 17.1 Å². The first kappa shape index (κ1) is 29.7. The molecule has 0 aliphatic carbocycles. The molecule has 0 unspecified atom stereocenters. The molecule has 11 heteroatoms. The topological polar surface area (TPSA) is 116 Å². The number of nitrogens with zero attached hydrogens (tertiary/aromatic N) is 4. The predicted molar refractivity (Wildman–Crippen MR) is 161 cm³/mol. The molecule has 1 N–H and O–H groups in total. The van der Waals surface area contributed by atoms with Crippen LogP contribution in [0.3, 0.4) is 0 Å². The predicted octanol–water partition coefficient (Wildman–Crippen LogP) is 3.46. The minimum atomic E-state index is -4.27. The van der Waals surface area contributed by atoms with Gasteiger partial charge in [-0.25, -0.2) is 12.9 Å². The molecule has 0 bridgehead atoms. The van der Waals surface area contributed by atoms with Gasteiger partial charge in [0.25, 0.3) is 5.91 Å². The van der Waals surface area contributed by atoms with Gasteiger partial charge in [-0.3, -0.25) is 14.2 Å². The lowest BCUT2D eigenvalue weighted by molar-refractivity contribution is 0.0940. The fraction of sp³-hybridized carbons (Fsp3) is 0.355. The van der Waals surface area contributed by atoms with E-state index in [0.717, 1.165) is 80.0 Å². The number of ether oxygens (including phenoxy) is 1. The van der Waals surface area contributed by atoms with Crippen LogP contribution in [0.5, 0.6) is 5.75 Å². The SMILES string of the molecule is Cc1ccc(S(=O)(=O)[O-])cc1.O=C(NCCCCN1CC[N+]2(CCOc3ccccc32)CC1)c1cc2ccccn2n1. The molecule has 2 aliphatic heterocycles. The molecule has 42 heavy (non-hydrogen) atoms. The molecule has 4 aromatic rings. The molecule has 2 aromatic carbocycles. The van der Waals surface area contributed by atoms with Gasteiger partial charge in [0.2, 0.25) is 0 Å². The van der Waals surface area contributed by atoms with Crippen molar-refractivity contribution in [1.29, 1.82) is 0 Å². The Labute approximate surface area is 246 Å². The van der Waals surface area contributed by atoms with Crippen LogP contribution in [0, 0.1) is 6.92 Å². The summed E-state index contributed by atoms with van der Waals surface area (Å²) in [6.45, 7) is 9.98. The highest BCUT2D eigenvalue weighted by Crippen LogP contribution is 2.37. The number of rotatable bonds is 7. The molecule has 0 saturated carbocycles. The van der Waals surface area contributed by atoms with Gasteiger partial charge >= 0.3 is 0 Å². The zero-order chi connectivity index (χ0) is 29.6. The van der Waals surface area contributed by atoms with Crippen molar-refractivity contribution >= 4 is 27.2 Å². The van der Waals surface area contributed by atoms with E-state index in [1.807, 2.05) is 37.4 Å². The van der Waals surface area contributed by atoms with Crippen LogP contribution < -0.4 is 14.5 Å². The fourth-order valence-electron chi connectivity index (χ4n) is 5.51. The minimum Gasteiger partial charge on any atom is -0.744 e. The average Bonchev–Trinajstić information content (AvgIpc) is 3.43. The van der Waals surface area contributed by atoms with Crippen LogP contribution in [0.25, 0.3) is 5.52 Å². The number of nitrogens with one attached hydrogen (secondary N) is 1. The van der Waals surface area contributed by atoms with Crippen molar-refractivity contribution in [2.75, 3.05) is 52.4 Å². The summed E-state index contributed by atoms with van der Waals surface area (Å²) in [6, 6.07) is 21.9. The van der Waals surface area contributed by atoms with E-state index in [-0.39, 0.29) is 10.8 Å². The van der Waals surface area contributed by atoms with E-state index in [2.05, 4.69) is 39.6 Å². The first-order valence-electron chi connectivity index (χ1n) is 14.3. The monoisotopic (exact) mass is 591 g/mol. The molecule has 1 amide bonds. The molecule has 0 radical (unpaired) electrons. The van der Waals surface area contributed by atoms with Crippen molar-refractivity contribution in [3.63, 3.8) is 0 Å². The van der Waals surface area contributed by atoms with Gasteiger partial charge < -0.3 is 14.6 Å². The lowest BCUT2D eigenvalue weighted by atomic mass is 10.1. The van der Waals surface area contributed by atoms with Gasteiger partial charge in [0.05, 0.1) is 23.5 Å². The van der Waals surface area contributed by atoms with Gasteiger partial charge in [-0.05, 0) is 62.7 Å². The average molecular weight is 592 g/mol. The second kappa shape index (κ2) is 13.0. The number of amides is 1. The van der Waals surface area contributed by atoms with E-state index in [1.54, 1.807) is 16.6 Å². The maximum Gasteiger partial charge on any atom is 0.271 e. The second-order valence-corrected chi connectivity index (χ2v) is 12.2. The lowest BCUT2D eigenvalue weighted by Crippen LogP contribution is -2.63. The number of pyridine rings is 1. The van der Waals surface area contributed by atoms with E-state index < -0.39 is 10.1 Å². The van der Waals surface area contributed by atoms with Crippen molar-refractivity contribution in [2.45, 2.75) is 24.7 Å². The van der Waals surface area contributed by atoms with Gasteiger partial charge in [0, 0.05) is 31.9 Å². The minimum absolute atomic E-state index is 0.0981. The largest absolute Gasteiger partial charge is 0.744 e. The quantitative estimate of drug-likeness (QED) is 0.199. The van der Waals surface area contributed by atoms with E-state index in [9.17, 15) is 17.8 Å². The number of carbonyl (C=O) groups excluding carboxylic acids is 1. The number of benzene rings is 2. The Kier molecular flexibility index (Phi) is 9.22. The number of quaternary nitrogens is 1. The number of fused-ring (bicyclic) bond motifs is 3. The maximum absolute atomic E-state index is 12.3. The number of para-hydroxylation sites is 2. The Morgan fingerprint density at radius 1 is 1.00 bits per heavy atom. The zero-order valence-corrected chi connectivity index (χ0v) is 24.6. The molecular formula is C31H37N5O5S. The van der Waals surface area contributed by atoms with Crippen molar-refractivity contribution in [2.24, 2.45) is 0 Å². The van der Waals surface area contributed by atoms with E-state index in [0.29, 0.717) is 12.2 Å². The Hall–Kier alpha value is -3.77. The van der Waals surface area contributed by atoms with Crippen LogP contribution >= 0.6 is 0 Å². The van der Waals surface area contributed by atoms with Crippen LogP contribution in [0.2, 0.25) is 0 Å². The molecule has 6 rings (SSSR count). The normalized spacial score (nSPS) is 16.2. The third-order valence-electron chi connectivity index (χ3n) is 7.94. The first-order chi connectivity index (χ1) is 20.2. The van der Waals surface area contributed by atoms with Crippen molar-refractivity contribution < 1.29 is 22.5 Å². The molecule has 0 atom stereocenters. The van der Waals surface area contributed by atoms with Crippen molar-refractivity contribution in [3.8, 4) is 5.75 Å². The van der Waals surface area contributed by atoms with Gasteiger partial charge in [-0.15, -0.1) is 0 Å². The summed E-state index contributed by atoms with van der Waals surface area (Å²) in [5.41, 5.74) is 3.68. The smallest absolute Gasteiger partial charge is 0.271 e. The van der Waals surface area contributed by atoms with Crippen LogP contribution in [0.15, 0.2) is 83.9 Å². The molecule has 10 nitrogen and oxygen atoms in total. The van der Waals surface area contributed by atoms with Crippen LogP contribution in [0.1, 0.15) is 28.9 Å². The number of piperazine rings is 1. The highest BCUT2D eigenvalue weighted by molar-refractivity contribution is 7.85. The molecule has 1 saturated heterocycles. The Bertz CT molecular complexity index is 1580. The molecule has 1 spiro atoms.